The largest absolute Gasteiger partial charge is 0.135 e. The van der Waals surface area contributed by atoms with Crippen LogP contribution in [0.3, 0.4) is 0 Å². The van der Waals surface area contributed by atoms with E-state index in [4.69, 9.17) is 0 Å². The van der Waals surface area contributed by atoms with Gasteiger partial charge in [-0.3, -0.25) is 0 Å². The maximum atomic E-state index is 2.50. The summed E-state index contributed by atoms with van der Waals surface area (Å²) in [6.07, 6.45) is 0. The Hall–Kier alpha value is -4.20. The first-order valence-corrected chi connectivity index (χ1v) is 14.2. The molecule has 38 heavy (non-hydrogen) atoms. The van der Waals surface area contributed by atoms with Gasteiger partial charge in [0.2, 0.25) is 0 Å². The van der Waals surface area contributed by atoms with Crippen LogP contribution in [0.5, 0.6) is 0 Å². The minimum Gasteiger partial charge on any atom is -0.135 e. The molecule has 0 bridgehead atoms. The standard InChI is InChI=1S/C37H24S/c1-37(2)31-14-8-7-13-25(31)28-19-30-34(20-32(28)37)38-33-16-15-26-23-11-5-6-12-24(23)27-17-21-9-3-4-10-22(21)18-29(27)35(26)36(30)33/h3-20H,1-2H3. The van der Waals surface area contributed by atoms with Crippen LogP contribution in [0.4, 0.5) is 0 Å². The number of benzene rings is 7. The molecule has 1 aliphatic carbocycles. The first kappa shape index (κ1) is 20.8. The second kappa shape index (κ2) is 7.01. The van der Waals surface area contributed by atoms with E-state index in [1.54, 1.807) is 0 Å². The lowest BCUT2D eigenvalue weighted by atomic mass is 9.82. The van der Waals surface area contributed by atoms with E-state index in [0.717, 1.165) is 0 Å². The van der Waals surface area contributed by atoms with Crippen LogP contribution < -0.4 is 0 Å². The smallest absolute Gasteiger partial charge is 0.0362 e. The Morgan fingerprint density at radius 1 is 0.447 bits per heavy atom. The van der Waals surface area contributed by atoms with Crippen molar-refractivity contribution in [1.82, 2.24) is 0 Å². The topological polar surface area (TPSA) is 0 Å². The zero-order valence-corrected chi connectivity index (χ0v) is 22.1. The molecule has 0 unspecified atom stereocenters. The van der Waals surface area contributed by atoms with Crippen molar-refractivity contribution < 1.29 is 0 Å². The average molecular weight is 501 g/mol. The van der Waals surface area contributed by atoms with Gasteiger partial charge in [0.25, 0.3) is 0 Å². The number of fused-ring (bicyclic) bond motifs is 14. The highest BCUT2D eigenvalue weighted by Gasteiger charge is 2.35. The minimum atomic E-state index is 0.0141. The summed E-state index contributed by atoms with van der Waals surface area (Å²) in [6, 6.07) is 41.2. The van der Waals surface area contributed by atoms with Crippen molar-refractivity contribution in [3.05, 3.63) is 120 Å². The van der Waals surface area contributed by atoms with Crippen LogP contribution in [-0.4, -0.2) is 0 Å². The third kappa shape index (κ3) is 2.50. The Morgan fingerprint density at radius 3 is 1.95 bits per heavy atom. The van der Waals surface area contributed by atoms with Gasteiger partial charge in [-0.05, 0) is 95.7 Å². The monoisotopic (exact) mass is 500 g/mol. The van der Waals surface area contributed by atoms with Crippen molar-refractivity contribution in [2.45, 2.75) is 19.3 Å². The molecular weight excluding hydrogens is 476 g/mol. The van der Waals surface area contributed by atoms with Crippen LogP contribution in [-0.2, 0) is 5.41 Å². The van der Waals surface area contributed by atoms with Crippen molar-refractivity contribution in [2.75, 3.05) is 0 Å². The van der Waals surface area contributed by atoms with E-state index in [0.29, 0.717) is 0 Å². The second-order valence-electron chi connectivity index (χ2n) is 11.3. The van der Waals surface area contributed by atoms with Crippen molar-refractivity contribution >= 4 is 74.6 Å². The van der Waals surface area contributed by atoms with Gasteiger partial charge >= 0.3 is 0 Å². The molecule has 178 valence electrons. The molecule has 0 fully saturated rings. The van der Waals surface area contributed by atoms with E-state index in [1.807, 2.05) is 11.3 Å². The lowest BCUT2D eigenvalue weighted by Crippen LogP contribution is -2.14. The summed E-state index contributed by atoms with van der Waals surface area (Å²) in [7, 11) is 0. The van der Waals surface area contributed by atoms with Crippen LogP contribution in [0.25, 0.3) is 74.4 Å². The van der Waals surface area contributed by atoms with Gasteiger partial charge in [0, 0.05) is 25.6 Å². The van der Waals surface area contributed by atoms with E-state index < -0.39 is 0 Å². The molecule has 1 heterocycles. The Morgan fingerprint density at radius 2 is 1.13 bits per heavy atom. The third-order valence-electron chi connectivity index (χ3n) is 9.00. The molecule has 8 aromatic rings. The van der Waals surface area contributed by atoms with E-state index in [9.17, 15) is 0 Å². The molecule has 0 atom stereocenters. The third-order valence-corrected chi connectivity index (χ3v) is 10.1. The highest BCUT2D eigenvalue weighted by atomic mass is 32.1. The van der Waals surface area contributed by atoms with E-state index in [2.05, 4.69) is 123 Å². The Bertz CT molecular complexity index is 2310. The van der Waals surface area contributed by atoms with Crippen LogP contribution in [0, 0.1) is 0 Å². The van der Waals surface area contributed by atoms with Gasteiger partial charge in [0.15, 0.2) is 0 Å². The highest BCUT2D eigenvalue weighted by molar-refractivity contribution is 7.26. The lowest BCUT2D eigenvalue weighted by molar-refractivity contribution is 0.661. The van der Waals surface area contributed by atoms with Crippen LogP contribution >= 0.6 is 11.3 Å². The first-order valence-electron chi connectivity index (χ1n) is 13.4. The van der Waals surface area contributed by atoms with Gasteiger partial charge in [-0.1, -0.05) is 92.7 Å². The minimum absolute atomic E-state index is 0.0141. The molecule has 1 aromatic heterocycles. The summed E-state index contributed by atoms with van der Waals surface area (Å²) < 4.78 is 2.75. The van der Waals surface area contributed by atoms with Crippen LogP contribution in [0.2, 0.25) is 0 Å². The van der Waals surface area contributed by atoms with Crippen molar-refractivity contribution in [2.24, 2.45) is 0 Å². The Balaban J connectivity index is 1.53. The Labute approximate surface area is 224 Å². The van der Waals surface area contributed by atoms with E-state index >= 15 is 0 Å². The zero-order valence-electron chi connectivity index (χ0n) is 21.3. The molecular formula is C37H24S. The summed E-state index contributed by atoms with van der Waals surface area (Å²) in [5, 5.41) is 13.5. The van der Waals surface area contributed by atoms with Gasteiger partial charge in [0.05, 0.1) is 0 Å². The van der Waals surface area contributed by atoms with Crippen molar-refractivity contribution in [3.8, 4) is 11.1 Å². The fraction of sp³-hybridized carbons (Fsp3) is 0.0811. The molecule has 9 rings (SSSR count). The molecule has 1 aliphatic rings. The SMILES string of the molecule is CC1(C)c2ccccc2-c2cc3c(cc21)sc1ccc2c4ccccc4c4cc5ccccc5cc4c2c13. The summed E-state index contributed by atoms with van der Waals surface area (Å²) in [5.41, 5.74) is 5.67. The molecule has 1 heteroatoms. The zero-order chi connectivity index (χ0) is 25.2. The fourth-order valence-corrected chi connectivity index (χ4v) is 8.32. The summed E-state index contributed by atoms with van der Waals surface area (Å²) in [4.78, 5) is 0. The molecule has 0 radical (unpaired) electrons. The number of rotatable bonds is 0. The van der Waals surface area contributed by atoms with Gasteiger partial charge in [-0.25, -0.2) is 0 Å². The highest BCUT2D eigenvalue weighted by Crippen LogP contribution is 2.52. The van der Waals surface area contributed by atoms with Gasteiger partial charge in [-0.2, -0.15) is 0 Å². The van der Waals surface area contributed by atoms with Crippen LogP contribution in [0.15, 0.2) is 109 Å². The number of hydrogen-bond donors (Lipinski definition) is 0. The fourth-order valence-electron chi connectivity index (χ4n) is 7.19. The van der Waals surface area contributed by atoms with Crippen molar-refractivity contribution in [3.63, 3.8) is 0 Å². The molecule has 0 aliphatic heterocycles. The molecule has 0 spiro atoms. The van der Waals surface area contributed by atoms with Gasteiger partial charge in [-0.15, -0.1) is 11.3 Å². The van der Waals surface area contributed by atoms with E-state index in [-0.39, 0.29) is 5.41 Å². The molecule has 7 aromatic carbocycles. The molecule has 0 N–H and O–H groups in total. The first-order chi connectivity index (χ1) is 18.6. The molecule has 0 saturated heterocycles. The number of hydrogen-bond acceptors (Lipinski definition) is 1. The molecule has 0 saturated carbocycles. The molecule has 0 amide bonds. The predicted octanol–water partition coefficient (Wildman–Crippen LogP) is 11.0. The normalized spacial score (nSPS) is 14.3. The lowest BCUT2D eigenvalue weighted by Gasteiger charge is -2.21. The van der Waals surface area contributed by atoms with Crippen molar-refractivity contribution in [1.29, 1.82) is 0 Å². The maximum Gasteiger partial charge on any atom is 0.0362 e. The predicted molar refractivity (Wildman–Crippen MR) is 167 cm³/mol. The van der Waals surface area contributed by atoms with Gasteiger partial charge in [0.1, 0.15) is 0 Å². The Kier molecular flexibility index (Phi) is 3.84. The number of thiophene rings is 1. The van der Waals surface area contributed by atoms with E-state index in [1.165, 1.54) is 85.5 Å². The van der Waals surface area contributed by atoms with Crippen LogP contribution in [0.1, 0.15) is 25.0 Å². The summed E-state index contributed by atoms with van der Waals surface area (Å²) in [6.45, 7) is 4.74. The molecule has 0 nitrogen and oxygen atoms in total. The van der Waals surface area contributed by atoms with Gasteiger partial charge < -0.3 is 0 Å². The second-order valence-corrected chi connectivity index (χ2v) is 12.4. The average Bonchev–Trinajstić information content (AvgIpc) is 3.43. The summed E-state index contributed by atoms with van der Waals surface area (Å²) >= 11 is 1.94. The quantitative estimate of drug-likeness (QED) is 0.143. The maximum absolute atomic E-state index is 2.50. The summed E-state index contributed by atoms with van der Waals surface area (Å²) in [5.74, 6) is 0.